The topological polar surface area (TPSA) is 119 Å². The van der Waals surface area contributed by atoms with Crippen LogP contribution < -0.4 is 10.1 Å². The Morgan fingerprint density at radius 3 is 2.57 bits per heavy atom. The Bertz CT molecular complexity index is 543. The molecule has 2 N–H and O–H groups in total. The lowest BCUT2D eigenvalue weighted by atomic mass is 10.2. The molecule has 114 valence electrons. The number of carbonyl (C=O) groups is 2. The zero-order valence-corrected chi connectivity index (χ0v) is 11.5. The number of nitro groups is 1. The number of carbonyl (C=O) groups excluding carboxylic acids is 1. The summed E-state index contributed by atoms with van der Waals surface area (Å²) in [5.74, 6) is -0.936. The highest BCUT2D eigenvalue weighted by atomic mass is 16.6. The second kappa shape index (κ2) is 7.83. The van der Waals surface area contributed by atoms with Crippen LogP contribution in [-0.4, -0.2) is 29.0 Å². The lowest BCUT2D eigenvalue weighted by Crippen LogP contribution is -2.12. The zero-order valence-electron chi connectivity index (χ0n) is 11.5. The molecule has 0 heterocycles. The Hall–Kier alpha value is -2.64. The molecule has 0 fully saturated rings. The largest absolute Gasteiger partial charge is 0.495 e. The Labute approximate surface area is 120 Å². The quantitative estimate of drug-likeness (QED) is 0.431. The van der Waals surface area contributed by atoms with Gasteiger partial charge in [-0.3, -0.25) is 19.7 Å². The van der Waals surface area contributed by atoms with Crippen molar-refractivity contribution in [2.75, 3.05) is 12.4 Å². The minimum atomic E-state index is -0.907. The number of unbranched alkanes of at least 4 members (excludes halogenated alkanes) is 1. The van der Waals surface area contributed by atoms with Crippen LogP contribution in [0.4, 0.5) is 11.4 Å². The maximum absolute atomic E-state index is 11.7. The molecule has 21 heavy (non-hydrogen) atoms. The van der Waals surface area contributed by atoms with E-state index in [0.717, 1.165) is 0 Å². The number of carboxylic acids is 1. The van der Waals surface area contributed by atoms with Crippen molar-refractivity contribution in [1.29, 1.82) is 0 Å². The van der Waals surface area contributed by atoms with Gasteiger partial charge >= 0.3 is 5.97 Å². The molecule has 0 unspecified atom stereocenters. The smallest absolute Gasteiger partial charge is 0.303 e. The van der Waals surface area contributed by atoms with Crippen molar-refractivity contribution < 1.29 is 24.4 Å². The summed E-state index contributed by atoms with van der Waals surface area (Å²) >= 11 is 0. The highest BCUT2D eigenvalue weighted by molar-refractivity contribution is 5.92. The van der Waals surface area contributed by atoms with E-state index in [-0.39, 0.29) is 30.1 Å². The number of anilines is 1. The Morgan fingerprint density at radius 1 is 1.33 bits per heavy atom. The first-order valence-electron chi connectivity index (χ1n) is 6.28. The third kappa shape index (κ3) is 5.47. The highest BCUT2D eigenvalue weighted by Crippen LogP contribution is 2.29. The van der Waals surface area contributed by atoms with Crippen LogP contribution in [0.25, 0.3) is 0 Å². The number of nitrogens with zero attached hydrogens (tertiary/aromatic N) is 1. The molecule has 1 rings (SSSR count). The number of aliphatic carboxylic acids is 1. The fourth-order valence-electron chi connectivity index (χ4n) is 1.68. The average molecular weight is 296 g/mol. The van der Waals surface area contributed by atoms with E-state index >= 15 is 0 Å². The van der Waals surface area contributed by atoms with Gasteiger partial charge in [-0.1, -0.05) is 0 Å². The molecular formula is C13H16N2O6. The lowest BCUT2D eigenvalue weighted by Gasteiger charge is -2.09. The van der Waals surface area contributed by atoms with Gasteiger partial charge in [0, 0.05) is 25.0 Å². The molecule has 0 aliphatic carbocycles. The van der Waals surface area contributed by atoms with Gasteiger partial charge in [-0.05, 0) is 18.9 Å². The number of benzene rings is 1. The Balaban J connectivity index is 2.63. The maximum Gasteiger partial charge on any atom is 0.303 e. The predicted octanol–water partition coefficient (Wildman–Crippen LogP) is 2.19. The molecule has 8 nitrogen and oxygen atoms in total. The van der Waals surface area contributed by atoms with Crippen LogP contribution in [0, 0.1) is 10.1 Å². The molecule has 0 spiro atoms. The van der Waals surface area contributed by atoms with Crippen LogP contribution in [0.3, 0.4) is 0 Å². The van der Waals surface area contributed by atoms with Gasteiger partial charge in [-0.2, -0.15) is 0 Å². The molecular weight excluding hydrogens is 280 g/mol. The maximum atomic E-state index is 11.7. The normalized spacial score (nSPS) is 9.95. The fraction of sp³-hybridized carbons (Fsp3) is 0.385. The predicted molar refractivity (Wildman–Crippen MR) is 74.4 cm³/mol. The van der Waals surface area contributed by atoms with E-state index in [4.69, 9.17) is 9.84 Å². The minimum absolute atomic E-state index is 0.00735. The van der Waals surface area contributed by atoms with Gasteiger partial charge in [-0.15, -0.1) is 0 Å². The fourth-order valence-corrected chi connectivity index (χ4v) is 1.68. The highest BCUT2D eigenvalue weighted by Gasteiger charge is 2.13. The summed E-state index contributed by atoms with van der Waals surface area (Å²) in [5.41, 5.74) is 0.0620. The number of nitrogens with one attached hydrogen (secondary N) is 1. The molecule has 1 amide bonds. The van der Waals surface area contributed by atoms with Crippen LogP contribution in [0.5, 0.6) is 5.75 Å². The Kier molecular flexibility index (Phi) is 6.12. The molecule has 8 heteroatoms. The lowest BCUT2D eigenvalue weighted by molar-refractivity contribution is -0.384. The first kappa shape index (κ1) is 16.4. The van der Waals surface area contributed by atoms with Gasteiger partial charge in [0.25, 0.3) is 5.69 Å². The van der Waals surface area contributed by atoms with Crippen LogP contribution in [0.1, 0.15) is 25.7 Å². The van der Waals surface area contributed by atoms with Crippen molar-refractivity contribution in [3.8, 4) is 5.75 Å². The summed E-state index contributed by atoms with van der Waals surface area (Å²) < 4.78 is 5.02. The number of methoxy groups -OCH3 is 1. The van der Waals surface area contributed by atoms with Gasteiger partial charge in [0.15, 0.2) is 0 Å². The van der Waals surface area contributed by atoms with E-state index in [1.54, 1.807) is 0 Å². The van der Waals surface area contributed by atoms with Crippen molar-refractivity contribution in [3.05, 3.63) is 28.3 Å². The summed E-state index contributed by atoms with van der Waals surface area (Å²) in [6.07, 6.45) is 0.969. The van der Waals surface area contributed by atoms with E-state index in [1.165, 1.54) is 25.3 Å². The molecule has 0 bridgehead atoms. The van der Waals surface area contributed by atoms with E-state index in [0.29, 0.717) is 18.6 Å². The number of hydrogen-bond donors (Lipinski definition) is 2. The summed E-state index contributed by atoms with van der Waals surface area (Å²) in [4.78, 5) is 32.2. The van der Waals surface area contributed by atoms with Crippen LogP contribution in [0.2, 0.25) is 0 Å². The first-order chi connectivity index (χ1) is 9.93. The van der Waals surface area contributed by atoms with Crippen molar-refractivity contribution in [2.45, 2.75) is 25.7 Å². The van der Waals surface area contributed by atoms with E-state index in [1.807, 2.05) is 0 Å². The Morgan fingerprint density at radius 2 is 2.00 bits per heavy atom. The number of carboxylic acid groups (broad SMARTS) is 1. The van der Waals surface area contributed by atoms with Crippen LogP contribution in [0.15, 0.2) is 18.2 Å². The third-order valence-electron chi connectivity index (χ3n) is 2.71. The van der Waals surface area contributed by atoms with E-state index in [2.05, 4.69) is 5.32 Å². The number of amides is 1. The van der Waals surface area contributed by atoms with Gasteiger partial charge < -0.3 is 15.2 Å². The van der Waals surface area contributed by atoms with Gasteiger partial charge in [-0.25, -0.2) is 0 Å². The van der Waals surface area contributed by atoms with Crippen LogP contribution >= 0.6 is 0 Å². The van der Waals surface area contributed by atoms with E-state index < -0.39 is 10.9 Å². The third-order valence-corrected chi connectivity index (χ3v) is 2.71. The average Bonchev–Trinajstić information content (AvgIpc) is 2.43. The van der Waals surface area contributed by atoms with Gasteiger partial charge in [0.1, 0.15) is 5.75 Å². The standard InChI is InChI=1S/C13H16N2O6/c1-21-11-7-6-9(15(19)20)8-10(11)14-12(16)4-2-3-5-13(17)18/h6-8H,2-5H2,1H3,(H,14,16)(H,17,18). The molecule has 0 radical (unpaired) electrons. The molecule has 0 aliphatic heterocycles. The van der Waals surface area contributed by atoms with E-state index in [9.17, 15) is 19.7 Å². The number of rotatable bonds is 8. The first-order valence-corrected chi connectivity index (χ1v) is 6.28. The molecule has 0 saturated carbocycles. The SMILES string of the molecule is COc1ccc([N+](=O)[O-])cc1NC(=O)CCCCC(=O)O. The molecule has 0 saturated heterocycles. The second-order valence-electron chi connectivity index (χ2n) is 4.29. The molecule has 0 atom stereocenters. The molecule has 0 aromatic heterocycles. The second-order valence-corrected chi connectivity index (χ2v) is 4.29. The summed E-state index contributed by atoms with van der Waals surface area (Å²) in [7, 11) is 1.39. The molecule has 1 aromatic rings. The number of ether oxygens (including phenoxy) is 1. The van der Waals surface area contributed by atoms with Gasteiger partial charge in [0.2, 0.25) is 5.91 Å². The number of hydrogen-bond acceptors (Lipinski definition) is 5. The number of non-ortho nitro benzene ring substituents is 1. The summed E-state index contributed by atoms with van der Waals surface area (Å²) in [6.45, 7) is 0. The molecule has 0 aliphatic rings. The van der Waals surface area contributed by atoms with Crippen molar-refractivity contribution in [2.24, 2.45) is 0 Å². The minimum Gasteiger partial charge on any atom is -0.495 e. The van der Waals surface area contributed by atoms with Crippen molar-refractivity contribution in [3.63, 3.8) is 0 Å². The van der Waals surface area contributed by atoms with Gasteiger partial charge in [0.05, 0.1) is 17.7 Å². The number of nitro benzene ring substituents is 1. The van der Waals surface area contributed by atoms with Crippen LogP contribution in [-0.2, 0) is 9.59 Å². The van der Waals surface area contributed by atoms with Crippen molar-refractivity contribution >= 4 is 23.3 Å². The van der Waals surface area contributed by atoms with Crippen molar-refractivity contribution in [1.82, 2.24) is 0 Å². The summed E-state index contributed by atoms with van der Waals surface area (Å²) in [6, 6.07) is 3.90. The summed E-state index contributed by atoms with van der Waals surface area (Å²) in [5, 5.41) is 21.7. The molecule has 1 aromatic carbocycles. The monoisotopic (exact) mass is 296 g/mol. The zero-order chi connectivity index (χ0) is 15.8.